The molecule has 20 heavy (non-hydrogen) atoms. The van der Waals surface area contributed by atoms with Crippen LogP contribution in [0.25, 0.3) is 0 Å². The number of aldehydes is 1. The molecule has 0 saturated carbocycles. The van der Waals surface area contributed by atoms with E-state index in [1.165, 1.54) is 0 Å². The minimum absolute atomic E-state index is 0.0477. The number of nitrogens with zero attached hydrogens (tertiary/aromatic N) is 2. The van der Waals surface area contributed by atoms with Gasteiger partial charge in [0.1, 0.15) is 6.29 Å². The summed E-state index contributed by atoms with van der Waals surface area (Å²) < 4.78 is 0. The maximum atomic E-state index is 11.9. The van der Waals surface area contributed by atoms with Crippen molar-refractivity contribution in [3.63, 3.8) is 0 Å². The average molecular weight is 271 g/mol. The monoisotopic (exact) mass is 271 g/mol. The van der Waals surface area contributed by atoms with E-state index in [0.29, 0.717) is 24.3 Å². The Morgan fingerprint density at radius 2 is 2.20 bits per heavy atom. The fourth-order valence-corrected chi connectivity index (χ4v) is 2.38. The van der Waals surface area contributed by atoms with Gasteiger partial charge in [-0.3, -0.25) is 9.69 Å². The lowest BCUT2D eigenvalue weighted by molar-refractivity contribution is -0.119. The van der Waals surface area contributed by atoms with Gasteiger partial charge in [-0.1, -0.05) is 0 Å². The Bertz CT molecular complexity index is 519. The molecule has 1 heterocycles. The minimum atomic E-state index is -0.0961. The highest BCUT2D eigenvalue weighted by molar-refractivity contribution is 5.92. The number of carbonyl (C=O) groups is 2. The minimum Gasteiger partial charge on any atom is -0.325 e. The summed E-state index contributed by atoms with van der Waals surface area (Å²) in [5.41, 5.74) is 1.24. The van der Waals surface area contributed by atoms with Crippen LogP contribution in [0, 0.1) is 17.2 Å². The molecule has 1 aromatic carbocycles. The van der Waals surface area contributed by atoms with Crippen LogP contribution >= 0.6 is 0 Å². The molecule has 0 bridgehead atoms. The largest absolute Gasteiger partial charge is 0.325 e. The molecule has 1 amide bonds. The second-order valence-electron chi connectivity index (χ2n) is 5.01. The van der Waals surface area contributed by atoms with E-state index in [1.54, 1.807) is 24.3 Å². The number of benzene rings is 1. The number of nitriles is 1. The van der Waals surface area contributed by atoms with Crippen molar-refractivity contribution in [2.45, 2.75) is 12.8 Å². The van der Waals surface area contributed by atoms with Gasteiger partial charge in [0, 0.05) is 18.2 Å². The Morgan fingerprint density at radius 1 is 1.45 bits per heavy atom. The van der Waals surface area contributed by atoms with Crippen LogP contribution in [0.3, 0.4) is 0 Å². The van der Waals surface area contributed by atoms with Gasteiger partial charge in [-0.05, 0) is 43.7 Å². The van der Waals surface area contributed by atoms with E-state index in [9.17, 15) is 9.59 Å². The standard InChI is InChI=1S/C15H17N3O2/c16-8-12-3-5-14(6-4-12)17-15(20)10-18-7-1-2-13(9-18)11-19/h3-6,11,13H,1-2,7,9-10H2,(H,17,20). The molecular weight excluding hydrogens is 254 g/mol. The molecule has 1 saturated heterocycles. The molecule has 0 radical (unpaired) electrons. The molecule has 1 aliphatic rings. The number of carbonyl (C=O) groups excluding carboxylic acids is 2. The zero-order valence-corrected chi connectivity index (χ0v) is 11.2. The zero-order chi connectivity index (χ0) is 14.4. The number of rotatable bonds is 4. The molecule has 104 valence electrons. The quantitative estimate of drug-likeness (QED) is 0.840. The molecule has 1 aliphatic heterocycles. The number of likely N-dealkylation sites (tertiary alicyclic amines) is 1. The van der Waals surface area contributed by atoms with Crippen molar-refractivity contribution in [2.75, 3.05) is 25.0 Å². The molecule has 5 nitrogen and oxygen atoms in total. The third-order valence-electron chi connectivity index (χ3n) is 3.40. The highest BCUT2D eigenvalue weighted by Gasteiger charge is 2.20. The van der Waals surface area contributed by atoms with Gasteiger partial charge in [-0.25, -0.2) is 0 Å². The van der Waals surface area contributed by atoms with Crippen LogP contribution in [-0.4, -0.2) is 36.7 Å². The molecule has 1 N–H and O–H groups in total. The van der Waals surface area contributed by atoms with Crippen molar-refractivity contribution >= 4 is 17.9 Å². The molecule has 1 atom stereocenters. The normalized spacial score (nSPS) is 19.1. The van der Waals surface area contributed by atoms with Crippen molar-refractivity contribution in [1.82, 2.24) is 4.90 Å². The van der Waals surface area contributed by atoms with E-state index in [2.05, 4.69) is 5.32 Å². The second-order valence-corrected chi connectivity index (χ2v) is 5.01. The van der Waals surface area contributed by atoms with E-state index in [-0.39, 0.29) is 11.8 Å². The SMILES string of the molecule is N#Cc1ccc(NC(=O)CN2CCCC(C=O)C2)cc1. The first-order chi connectivity index (χ1) is 9.71. The van der Waals surface area contributed by atoms with Crippen molar-refractivity contribution in [2.24, 2.45) is 5.92 Å². The van der Waals surface area contributed by atoms with Crippen molar-refractivity contribution in [3.05, 3.63) is 29.8 Å². The fourth-order valence-electron chi connectivity index (χ4n) is 2.38. The van der Waals surface area contributed by atoms with Crippen molar-refractivity contribution < 1.29 is 9.59 Å². The summed E-state index contributed by atoms with van der Waals surface area (Å²) in [7, 11) is 0. The molecule has 0 aromatic heterocycles. The smallest absolute Gasteiger partial charge is 0.238 e. The van der Waals surface area contributed by atoms with Crippen LogP contribution in [0.15, 0.2) is 24.3 Å². The van der Waals surface area contributed by atoms with E-state index in [0.717, 1.165) is 25.7 Å². The number of nitrogens with one attached hydrogen (secondary N) is 1. The van der Waals surface area contributed by atoms with Crippen LogP contribution in [0.2, 0.25) is 0 Å². The molecule has 1 unspecified atom stereocenters. The summed E-state index contributed by atoms with van der Waals surface area (Å²) in [4.78, 5) is 24.7. The highest BCUT2D eigenvalue weighted by atomic mass is 16.2. The van der Waals surface area contributed by atoms with Gasteiger partial charge in [0.05, 0.1) is 18.2 Å². The van der Waals surface area contributed by atoms with E-state index in [1.807, 2.05) is 11.0 Å². The Hall–Kier alpha value is -2.19. The maximum Gasteiger partial charge on any atom is 0.238 e. The van der Waals surface area contributed by atoms with Crippen molar-refractivity contribution in [3.8, 4) is 6.07 Å². The summed E-state index contributed by atoms with van der Waals surface area (Å²) >= 11 is 0. The van der Waals surface area contributed by atoms with E-state index >= 15 is 0 Å². The predicted octanol–water partition coefficient (Wildman–Crippen LogP) is 1.41. The molecular formula is C15H17N3O2. The summed E-state index contributed by atoms with van der Waals surface area (Å²) in [5, 5.41) is 11.5. The highest BCUT2D eigenvalue weighted by Crippen LogP contribution is 2.14. The van der Waals surface area contributed by atoms with Gasteiger partial charge < -0.3 is 10.1 Å². The van der Waals surface area contributed by atoms with Gasteiger partial charge in [0.25, 0.3) is 0 Å². The summed E-state index contributed by atoms with van der Waals surface area (Å²) in [6.45, 7) is 1.81. The van der Waals surface area contributed by atoms with E-state index < -0.39 is 0 Å². The number of amides is 1. The Morgan fingerprint density at radius 3 is 2.85 bits per heavy atom. The molecule has 5 heteroatoms. The summed E-state index contributed by atoms with van der Waals surface area (Å²) in [6, 6.07) is 8.78. The second kappa shape index (κ2) is 6.83. The molecule has 1 aromatic rings. The first-order valence-corrected chi connectivity index (χ1v) is 6.69. The number of anilines is 1. The van der Waals surface area contributed by atoms with Crippen LogP contribution in [0.1, 0.15) is 18.4 Å². The van der Waals surface area contributed by atoms with Gasteiger partial charge in [0.2, 0.25) is 5.91 Å². The zero-order valence-electron chi connectivity index (χ0n) is 11.2. The van der Waals surface area contributed by atoms with E-state index in [4.69, 9.17) is 5.26 Å². The topological polar surface area (TPSA) is 73.2 Å². The lowest BCUT2D eigenvalue weighted by Gasteiger charge is -2.29. The summed E-state index contributed by atoms with van der Waals surface area (Å²) in [5.74, 6) is -0.0484. The number of hydrogen-bond acceptors (Lipinski definition) is 4. The lowest BCUT2D eigenvalue weighted by Crippen LogP contribution is -2.40. The molecule has 0 aliphatic carbocycles. The van der Waals surface area contributed by atoms with Crippen LogP contribution in [0.4, 0.5) is 5.69 Å². The van der Waals surface area contributed by atoms with Gasteiger partial charge in [0.15, 0.2) is 0 Å². The fraction of sp³-hybridized carbons (Fsp3) is 0.400. The molecule has 0 spiro atoms. The first-order valence-electron chi connectivity index (χ1n) is 6.69. The Balaban J connectivity index is 1.85. The Kier molecular flexibility index (Phi) is 4.85. The van der Waals surface area contributed by atoms with Gasteiger partial charge >= 0.3 is 0 Å². The summed E-state index contributed by atoms with van der Waals surface area (Å²) in [6.07, 6.45) is 2.84. The third-order valence-corrected chi connectivity index (χ3v) is 3.40. The Labute approximate surface area is 118 Å². The van der Waals surface area contributed by atoms with Crippen LogP contribution in [0.5, 0.6) is 0 Å². The van der Waals surface area contributed by atoms with Crippen LogP contribution < -0.4 is 5.32 Å². The van der Waals surface area contributed by atoms with Crippen molar-refractivity contribution in [1.29, 1.82) is 5.26 Å². The number of piperidine rings is 1. The molecule has 1 fully saturated rings. The third kappa shape index (κ3) is 3.90. The lowest BCUT2D eigenvalue weighted by atomic mass is 10.00. The number of hydrogen-bond donors (Lipinski definition) is 1. The first kappa shape index (κ1) is 14.2. The van der Waals surface area contributed by atoms with Gasteiger partial charge in [-0.2, -0.15) is 5.26 Å². The van der Waals surface area contributed by atoms with Gasteiger partial charge in [-0.15, -0.1) is 0 Å². The average Bonchev–Trinajstić information content (AvgIpc) is 2.48. The van der Waals surface area contributed by atoms with Crippen LogP contribution in [-0.2, 0) is 9.59 Å². The maximum absolute atomic E-state index is 11.9. The predicted molar refractivity (Wildman–Crippen MR) is 75.0 cm³/mol. The molecule has 2 rings (SSSR count).